The van der Waals surface area contributed by atoms with Crippen molar-refractivity contribution in [1.29, 1.82) is 0 Å². The van der Waals surface area contributed by atoms with Crippen LogP contribution < -0.4 is 4.74 Å². The van der Waals surface area contributed by atoms with E-state index in [1.165, 1.54) is 12.4 Å². The minimum absolute atomic E-state index is 0.198. The maximum Gasteiger partial charge on any atom is 0.575 e. The van der Waals surface area contributed by atoms with Gasteiger partial charge in [-0.3, -0.25) is 0 Å². The predicted molar refractivity (Wildman–Crippen MR) is 47.4 cm³/mol. The topological polar surface area (TPSA) is 35.0 Å². The molecule has 0 aromatic carbocycles. The molecular formula is C9H11F3N2O. The van der Waals surface area contributed by atoms with Gasteiger partial charge in [0.2, 0.25) is 0 Å². The lowest BCUT2D eigenvalue weighted by Gasteiger charge is -2.17. The molecule has 1 heterocycles. The summed E-state index contributed by atoms with van der Waals surface area (Å²) in [6.45, 7) is 5.74. The van der Waals surface area contributed by atoms with Crippen LogP contribution in [0, 0.1) is 0 Å². The van der Waals surface area contributed by atoms with Gasteiger partial charge in [0.25, 0.3) is 0 Å². The molecule has 0 aliphatic heterocycles. The Balaban J connectivity index is 2.82. The fourth-order valence-corrected chi connectivity index (χ4v) is 0.860. The Hall–Kier alpha value is -1.33. The predicted octanol–water partition coefficient (Wildman–Crippen LogP) is 2.67. The van der Waals surface area contributed by atoms with Crippen molar-refractivity contribution in [2.45, 2.75) is 32.5 Å². The van der Waals surface area contributed by atoms with E-state index in [2.05, 4.69) is 14.7 Å². The van der Waals surface area contributed by atoms with Gasteiger partial charge < -0.3 is 4.74 Å². The monoisotopic (exact) mass is 220 g/mol. The summed E-state index contributed by atoms with van der Waals surface area (Å²) in [5.74, 6) is 0. The van der Waals surface area contributed by atoms with Gasteiger partial charge in [0.1, 0.15) is 0 Å². The van der Waals surface area contributed by atoms with E-state index in [0.29, 0.717) is 0 Å². The van der Waals surface area contributed by atoms with Crippen LogP contribution in [0.3, 0.4) is 0 Å². The molecule has 84 valence electrons. The number of aromatic nitrogens is 2. The lowest BCUT2D eigenvalue weighted by molar-refractivity contribution is -0.277. The van der Waals surface area contributed by atoms with E-state index < -0.39 is 12.4 Å². The first-order chi connectivity index (χ1) is 6.68. The molecule has 1 rings (SSSR count). The summed E-state index contributed by atoms with van der Waals surface area (Å²) >= 11 is 0. The van der Waals surface area contributed by atoms with Crippen LogP contribution in [0.4, 0.5) is 13.2 Å². The molecule has 0 radical (unpaired) electrons. The lowest BCUT2D eigenvalue weighted by Crippen LogP contribution is -2.19. The molecule has 0 saturated heterocycles. The number of hydrogen-bond acceptors (Lipinski definition) is 3. The standard InChI is InChI=1S/C9H11F3N2O/c1-8(2,3)6-4-13-7(14-5-6)15-9(10,11)12/h4-5H,1-3H3. The molecule has 1 aromatic heterocycles. The fraction of sp³-hybridized carbons (Fsp3) is 0.556. The Bertz CT molecular complexity index is 327. The van der Waals surface area contributed by atoms with Crippen molar-refractivity contribution in [2.24, 2.45) is 0 Å². The molecule has 0 atom stereocenters. The Labute approximate surface area is 85.3 Å². The molecular weight excluding hydrogens is 209 g/mol. The third kappa shape index (κ3) is 3.73. The van der Waals surface area contributed by atoms with Gasteiger partial charge in [-0.05, 0) is 11.0 Å². The minimum Gasteiger partial charge on any atom is -0.371 e. The van der Waals surface area contributed by atoms with Crippen molar-refractivity contribution in [2.75, 3.05) is 0 Å². The zero-order chi connectivity index (χ0) is 11.7. The number of nitrogens with zero attached hydrogens (tertiary/aromatic N) is 2. The molecule has 3 nitrogen and oxygen atoms in total. The lowest BCUT2D eigenvalue weighted by atomic mass is 9.89. The number of halogens is 3. The van der Waals surface area contributed by atoms with Crippen LogP contribution in [-0.4, -0.2) is 16.3 Å². The van der Waals surface area contributed by atoms with Crippen LogP contribution in [0.1, 0.15) is 26.3 Å². The third-order valence-corrected chi connectivity index (χ3v) is 1.70. The second kappa shape index (κ2) is 3.67. The molecule has 1 aromatic rings. The molecule has 0 aliphatic carbocycles. The first-order valence-corrected chi connectivity index (χ1v) is 4.27. The number of alkyl halides is 3. The van der Waals surface area contributed by atoms with E-state index >= 15 is 0 Å². The van der Waals surface area contributed by atoms with Gasteiger partial charge in [0.15, 0.2) is 0 Å². The maximum atomic E-state index is 11.8. The van der Waals surface area contributed by atoms with Crippen LogP contribution in [0.15, 0.2) is 12.4 Å². The summed E-state index contributed by atoms with van der Waals surface area (Å²) in [4.78, 5) is 6.95. The van der Waals surface area contributed by atoms with Crippen molar-refractivity contribution in [3.63, 3.8) is 0 Å². The van der Waals surface area contributed by atoms with Gasteiger partial charge in [0.05, 0.1) is 0 Å². The largest absolute Gasteiger partial charge is 0.575 e. The van der Waals surface area contributed by atoms with E-state index in [1.54, 1.807) is 0 Å². The molecule has 6 heteroatoms. The zero-order valence-corrected chi connectivity index (χ0v) is 8.59. The van der Waals surface area contributed by atoms with Crippen molar-refractivity contribution >= 4 is 0 Å². The van der Waals surface area contributed by atoms with E-state index in [1.807, 2.05) is 20.8 Å². The summed E-state index contributed by atoms with van der Waals surface area (Å²) in [5.41, 5.74) is 0.550. The van der Waals surface area contributed by atoms with Crippen molar-refractivity contribution in [3.05, 3.63) is 18.0 Å². The molecule has 0 unspecified atom stereocenters. The van der Waals surface area contributed by atoms with Crippen molar-refractivity contribution in [1.82, 2.24) is 9.97 Å². The summed E-state index contributed by atoms with van der Waals surface area (Å²) in [7, 11) is 0. The van der Waals surface area contributed by atoms with Crippen molar-refractivity contribution < 1.29 is 17.9 Å². The maximum absolute atomic E-state index is 11.8. The van der Waals surface area contributed by atoms with Gasteiger partial charge in [-0.15, -0.1) is 13.2 Å². The van der Waals surface area contributed by atoms with Gasteiger partial charge >= 0.3 is 12.4 Å². The van der Waals surface area contributed by atoms with Gasteiger partial charge in [-0.25, -0.2) is 9.97 Å². The first kappa shape index (κ1) is 11.7. The summed E-state index contributed by atoms with van der Waals surface area (Å²) < 4.78 is 38.9. The van der Waals surface area contributed by atoms with Crippen LogP contribution in [0.25, 0.3) is 0 Å². The molecule has 0 aliphatic rings. The molecule has 0 saturated carbocycles. The van der Waals surface area contributed by atoms with Crippen LogP contribution in [0.2, 0.25) is 0 Å². The van der Waals surface area contributed by atoms with Crippen LogP contribution in [-0.2, 0) is 5.41 Å². The van der Waals surface area contributed by atoms with Gasteiger partial charge in [0, 0.05) is 12.4 Å². The average molecular weight is 220 g/mol. The highest BCUT2D eigenvalue weighted by Crippen LogP contribution is 2.23. The normalized spacial score (nSPS) is 12.7. The van der Waals surface area contributed by atoms with E-state index in [9.17, 15) is 13.2 Å². The highest BCUT2D eigenvalue weighted by Gasteiger charge is 2.32. The fourth-order valence-electron chi connectivity index (χ4n) is 0.860. The summed E-state index contributed by atoms with van der Waals surface area (Å²) in [6, 6.07) is -0.685. The molecule has 0 amide bonds. The number of hydrogen-bond donors (Lipinski definition) is 0. The first-order valence-electron chi connectivity index (χ1n) is 4.27. The van der Waals surface area contributed by atoms with Crippen molar-refractivity contribution in [3.8, 4) is 6.01 Å². The van der Waals surface area contributed by atoms with Crippen LogP contribution in [0.5, 0.6) is 6.01 Å². The zero-order valence-electron chi connectivity index (χ0n) is 8.59. The summed E-state index contributed by atoms with van der Waals surface area (Å²) in [6.07, 6.45) is -2.09. The minimum atomic E-state index is -4.75. The molecule has 0 bridgehead atoms. The smallest absolute Gasteiger partial charge is 0.371 e. The Kier molecular flexibility index (Phi) is 2.88. The number of ether oxygens (including phenoxy) is 1. The second-order valence-electron chi connectivity index (χ2n) is 4.05. The second-order valence-corrected chi connectivity index (χ2v) is 4.05. The SMILES string of the molecule is CC(C)(C)c1cnc(OC(F)(F)F)nc1. The number of rotatable bonds is 1. The van der Waals surface area contributed by atoms with Crippen LogP contribution >= 0.6 is 0 Å². The highest BCUT2D eigenvalue weighted by molar-refractivity contribution is 5.16. The summed E-state index contributed by atoms with van der Waals surface area (Å²) in [5, 5.41) is 0. The quantitative estimate of drug-likeness (QED) is 0.729. The third-order valence-electron chi connectivity index (χ3n) is 1.70. The van der Waals surface area contributed by atoms with Gasteiger partial charge in [-0.2, -0.15) is 0 Å². The van der Waals surface area contributed by atoms with E-state index in [-0.39, 0.29) is 5.41 Å². The molecule has 0 N–H and O–H groups in total. The Morgan fingerprint density at radius 3 is 1.87 bits per heavy atom. The molecule has 15 heavy (non-hydrogen) atoms. The average Bonchev–Trinajstić information content (AvgIpc) is 2.00. The van der Waals surface area contributed by atoms with Gasteiger partial charge in [-0.1, -0.05) is 20.8 Å². The molecule has 0 spiro atoms. The van der Waals surface area contributed by atoms with E-state index in [0.717, 1.165) is 5.56 Å². The Morgan fingerprint density at radius 2 is 1.53 bits per heavy atom. The molecule has 0 fully saturated rings. The Morgan fingerprint density at radius 1 is 1.07 bits per heavy atom. The van der Waals surface area contributed by atoms with E-state index in [4.69, 9.17) is 0 Å². The highest BCUT2D eigenvalue weighted by atomic mass is 19.4.